The van der Waals surface area contributed by atoms with Gasteiger partial charge in [0, 0.05) is 19.2 Å². The van der Waals surface area contributed by atoms with Crippen molar-refractivity contribution in [2.45, 2.75) is 19.3 Å². The van der Waals surface area contributed by atoms with Gasteiger partial charge in [0.1, 0.15) is 9.84 Å². The minimum atomic E-state index is -3.03. The smallest absolute Gasteiger partial charge is 0.221 e. The molecular formula is C10H20N2O3S. The molecule has 0 aromatic heterocycles. The minimum Gasteiger partial charge on any atom is -0.356 e. The summed E-state index contributed by atoms with van der Waals surface area (Å²) in [5, 5.41) is 6.05. The van der Waals surface area contributed by atoms with Gasteiger partial charge in [-0.15, -0.1) is 0 Å². The Bertz CT molecular complexity index is 321. The number of amides is 1. The van der Waals surface area contributed by atoms with Crippen molar-refractivity contribution in [2.75, 3.05) is 31.6 Å². The minimum absolute atomic E-state index is 0.0644. The maximum Gasteiger partial charge on any atom is 0.221 e. The van der Waals surface area contributed by atoms with E-state index in [4.69, 9.17) is 0 Å². The number of rotatable bonds is 5. The van der Waals surface area contributed by atoms with Crippen molar-refractivity contribution in [1.29, 1.82) is 0 Å². The van der Waals surface area contributed by atoms with Gasteiger partial charge in [-0.3, -0.25) is 4.79 Å². The lowest BCUT2D eigenvalue weighted by atomic mass is 9.98. The number of hydrogen-bond donors (Lipinski definition) is 2. The Kier molecular flexibility index (Phi) is 5.21. The molecule has 16 heavy (non-hydrogen) atoms. The lowest BCUT2D eigenvalue weighted by Gasteiger charge is -2.22. The Morgan fingerprint density at radius 2 is 2.00 bits per heavy atom. The second-order valence-corrected chi connectivity index (χ2v) is 6.64. The molecule has 1 saturated heterocycles. The molecule has 1 amide bonds. The summed E-state index contributed by atoms with van der Waals surface area (Å²) in [5.74, 6) is 0.304. The molecule has 2 N–H and O–H groups in total. The van der Waals surface area contributed by atoms with Gasteiger partial charge in [-0.25, -0.2) is 8.42 Å². The summed E-state index contributed by atoms with van der Waals surface area (Å²) in [4.78, 5) is 11.3. The molecule has 0 unspecified atom stereocenters. The molecule has 0 spiro atoms. The molecule has 0 saturated carbocycles. The molecule has 0 bridgehead atoms. The van der Waals surface area contributed by atoms with Crippen molar-refractivity contribution < 1.29 is 13.2 Å². The third-order valence-corrected chi connectivity index (χ3v) is 3.69. The van der Waals surface area contributed by atoms with Gasteiger partial charge in [0.25, 0.3) is 0 Å². The van der Waals surface area contributed by atoms with Gasteiger partial charge in [-0.1, -0.05) is 0 Å². The normalized spacial score (nSPS) is 18.3. The van der Waals surface area contributed by atoms with Crippen LogP contribution in [0.3, 0.4) is 0 Å². The zero-order valence-corrected chi connectivity index (χ0v) is 10.5. The van der Waals surface area contributed by atoms with E-state index >= 15 is 0 Å². The van der Waals surface area contributed by atoms with Gasteiger partial charge in [0.15, 0.2) is 0 Å². The summed E-state index contributed by atoms with van der Waals surface area (Å²) >= 11 is 0. The molecule has 0 aromatic rings. The van der Waals surface area contributed by atoms with Crippen molar-refractivity contribution in [3.8, 4) is 0 Å². The molecule has 0 aliphatic carbocycles. The van der Waals surface area contributed by atoms with Gasteiger partial charge >= 0.3 is 0 Å². The van der Waals surface area contributed by atoms with Gasteiger partial charge in [0.05, 0.1) is 5.75 Å². The van der Waals surface area contributed by atoms with Crippen molar-refractivity contribution in [3.05, 3.63) is 0 Å². The summed E-state index contributed by atoms with van der Waals surface area (Å²) in [6.45, 7) is 2.68. The van der Waals surface area contributed by atoms with Gasteiger partial charge in [-0.2, -0.15) is 0 Å². The molecule has 5 nitrogen and oxygen atoms in total. The summed E-state index contributed by atoms with van der Waals surface area (Å²) < 4.78 is 21.7. The van der Waals surface area contributed by atoms with Crippen molar-refractivity contribution in [1.82, 2.24) is 10.6 Å². The van der Waals surface area contributed by atoms with Crippen molar-refractivity contribution >= 4 is 15.7 Å². The summed E-state index contributed by atoms with van der Waals surface area (Å²) in [7, 11) is -3.03. The third-order valence-electron chi connectivity index (χ3n) is 2.75. The van der Waals surface area contributed by atoms with Gasteiger partial charge in [0.2, 0.25) is 5.91 Å². The van der Waals surface area contributed by atoms with Gasteiger partial charge < -0.3 is 10.6 Å². The molecule has 94 valence electrons. The molecule has 1 aliphatic rings. The Morgan fingerprint density at radius 1 is 1.38 bits per heavy atom. The average molecular weight is 248 g/mol. The van der Waals surface area contributed by atoms with Crippen LogP contribution in [0.5, 0.6) is 0 Å². The third kappa shape index (κ3) is 6.07. The van der Waals surface area contributed by atoms with Crippen LogP contribution in [-0.4, -0.2) is 46.0 Å². The van der Waals surface area contributed by atoms with Crippen molar-refractivity contribution in [2.24, 2.45) is 5.92 Å². The number of piperidine rings is 1. The molecule has 1 heterocycles. The Morgan fingerprint density at radius 3 is 2.56 bits per heavy atom. The fourth-order valence-electron chi connectivity index (χ4n) is 1.71. The lowest BCUT2D eigenvalue weighted by molar-refractivity contribution is -0.120. The molecule has 1 fully saturated rings. The van der Waals surface area contributed by atoms with E-state index in [-0.39, 0.29) is 18.1 Å². The largest absolute Gasteiger partial charge is 0.356 e. The van der Waals surface area contributed by atoms with E-state index in [1.807, 2.05) is 0 Å². The SMILES string of the molecule is CS(=O)(=O)CCC(=O)NCC1CCNCC1. The second-order valence-electron chi connectivity index (χ2n) is 4.38. The highest BCUT2D eigenvalue weighted by molar-refractivity contribution is 7.90. The number of carbonyl (C=O) groups excluding carboxylic acids is 1. The first-order valence-electron chi connectivity index (χ1n) is 5.62. The van der Waals surface area contributed by atoms with E-state index in [9.17, 15) is 13.2 Å². The molecule has 0 atom stereocenters. The first kappa shape index (κ1) is 13.4. The van der Waals surface area contributed by atoms with E-state index in [0.29, 0.717) is 12.5 Å². The topological polar surface area (TPSA) is 75.3 Å². The maximum absolute atomic E-state index is 11.3. The monoisotopic (exact) mass is 248 g/mol. The average Bonchev–Trinajstić information content (AvgIpc) is 2.24. The number of nitrogens with one attached hydrogen (secondary N) is 2. The Hall–Kier alpha value is -0.620. The van der Waals surface area contributed by atoms with E-state index in [0.717, 1.165) is 32.2 Å². The van der Waals surface area contributed by atoms with Gasteiger partial charge in [-0.05, 0) is 31.8 Å². The molecule has 0 radical (unpaired) electrons. The van der Waals surface area contributed by atoms with E-state index in [1.165, 1.54) is 0 Å². The van der Waals surface area contributed by atoms with Crippen LogP contribution in [0.4, 0.5) is 0 Å². The second kappa shape index (κ2) is 6.20. The van der Waals surface area contributed by atoms with Crippen LogP contribution in [0.15, 0.2) is 0 Å². The highest BCUT2D eigenvalue weighted by Gasteiger charge is 2.14. The van der Waals surface area contributed by atoms with E-state index < -0.39 is 9.84 Å². The Balaban J connectivity index is 2.14. The number of hydrogen-bond acceptors (Lipinski definition) is 4. The van der Waals surface area contributed by atoms with E-state index in [2.05, 4.69) is 10.6 Å². The van der Waals surface area contributed by atoms with Crippen molar-refractivity contribution in [3.63, 3.8) is 0 Å². The van der Waals surface area contributed by atoms with Crippen LogP contribution in [0.2, 0.25) is 0 Å². The fraction of sp³-hybridized carbons (Fsp3) is 0.900. The molecule has 6 heteroatoms. The van der Waals surface area contributed by atoms with Crippen LogP contribution >= 0.6 is 0 Å². The van der Waals surface area contributed by atoms with Crippen LogP contribution in [-0.2, 0) is 14.6 Å². The zero-order chi connectivity index (χ0) is 12.0. The Labute approximate surface area is 96.9 Å². The zero-order valence-electron chi connectivity index (χ0n) is 9.66. The molecular weight excluding hydrogens is 228 g/mol. The highest BCUT2D eigenvalue weighted by Crippen LogP contribution is 2.09. The first-order chi connectivity index (χ1) is 7.47. The summed E-state index contributed by atoms with van der Waals surface area (Å²) in [5.41, 5.74) is 0. The number of sulfone groups is 1. The van der Waals surface area contributed by atoms with E-state index in [1.54, 1.807) is 0 Å². The predicted molar refractivity (Wildman–Crippen MR) is 62.9 cm³/mol. The lowest BCUT2D eigenvalue weighted by Crippen LogP contribution is -2.36. The quantitative estimate of drug-likeness (QED) is 0.690. The predicted octanol–water partition coefficient (Wildman–Crippen LogP) is -0.463. The standard InChI is InChI=1S/C10H20N2O3S/c1-16(14,15)7-4-10(13)12-8-9-2-5-11-6-3-9/h9,11H,2-8H2,1H3,(H,12,13). The summed E-state index contributed by atoms with van der Waals surface area (Å²) in [6, 6.07) is 0. The first-order valence-corrected chi connectivity index (χ1v) is 7.68. The maximum atomic E-state index is 11.3. The van der Waals surface area contributed by atoms with Crippen LogP contribution in [0.25, 0.3) is 0 Å². The summed E-state index contributed by atoms with van der Waals surface area (Å²) in [6.07, 6.45) is 3.37. The molecule has 0 aromatic carbocycles. The molecule has 1 aliphatic heterocycles. The van der Waals surface area contributed by atoms with Crippen LogP contribution in [0.1, 0.15) is 19.3 Å². The van der Waals surface area contributed by atoms with Crippen LogP contribution < -0.4 is 10.6 Å². The fourth-order valence-corrected chi connectivity index (χ4v) is 2.27. The highest BCUT2D eigenvalue weighted by atomic mass is 32.2. The van der Waals surface area contributed by atoms with Crippen LogP contribution in [0, 0.1) is 5.92 Å². The number of carbonyl (C=O) groups is 1. The molecule has 1 rings (SSSR count).